The Morgan fingerprint density at radius 1 is 1.26 bits per heavy atom. The Balaban J connectivity index is 1.77. The number of ether oxygens (including phenoxy) is 2. The van der Waals surface area contributed by atoms with Crippen LogP contribution in [0, 0.1) is 0 Å². The number of methoxy groups -OCH3 is 1. The van der Waals surface area contributed by atoms with E-state index in [1.54, 1.807) is 42.5 Å². The number of halogens is 2. The summed E-state index contributed by atoms with van der Waals surface area (Å²) in [4.78, 5) is 38.5. The summed E-state index contributed by atoms with van der Waals surface area (Å²) in [5.41, 5.74) is 1.04. The van der Waals surface area contributed by atoms with Crippen molar-refractivity contribution in [2.45, 2.75) is 6.92 Å². The van der Waals surface area contributed by atoms with E-state index < -0.39 is 23.6 Å². The first-order valence-electron chi connectivity index (χ1n) is 9.14. The number of rotatable bonds is 7. The average molecular weight is 526 g/mol. The van der Waals surface area contributed by atoms with Gasteiger partial charge in [-0.1, -0.05) is 39.7 Å². The second-order valence-corrected chi connectivity index (χ2v) is 8.51. The fraction of sp³-hybridized carbons (Fsp3) is 0.190. The predicted molar refractivity (Wildman–Crippen MR) is 125 cm³/mol. The standard InChI is InChI=1S/C21H18BrClN2O5S/c1-3-30-17-10-13(22)12(8-16(17)29-2)9-18-20(27)25(21(28)31-18)11-19(26)24-15-7-5-4-6-14(15)23/h4-10H,3,11H2,1-2H3,(H,24,26)/b18-9+. The first-order chi connectivity index (χ1) is 14.8. The van der Waals surface area contributed by atoms with Gasteiger partial charge in [0.2, 0.25) is 5.91 Å². The molecule has 0 atom stereocenters. The van der Waals surface area contributed by atoms with Crippen molar-refractivity contribution in [3.63, 3.8) is 0 Å². The van der Waals surface area contributed by atoms with Gasteiger partial charge in [0.25, 0.3) is 11.1 Å². The number of hydrogen-bond acceptors (Lipinski definition) is 6. The molecule has 31 heavy (non-hydrogen) atoms. The van der Waals surface area contributed by atoms with E-state index in [1.165, 1.54) is 7.11 Å². The van der Waals surface area contributed by atoms with Gasteiger partial charge >= 0.3 is 0 Å². The molecule has 0 aromatic heterocycles. The number of imide groups is 1. The van der Waals surface area contributed by atoms with Crippen LogP contribution < -0.4 is 14.8 Å². The lowest BCUT2D eigenvalue weighted by atomic mass is 10.2. The zero-order chi connectivity index (χ0) is 22.5. The lowest BCUT2D eigenvalue weighted by Crippen LogP contribution is -2.36. The second kappa shape index (κ2) is 10.2. The molecule has 1 aliphatic rings. The fourth-order valence-corrected chi connectivity index (χ4v) is 4.21. The molecule has 1 heterocycles. The Hall–Kier alpha value is -2.49. The summed E-state index contributed by atoms with van der Waals surface area (Å²) in [5.74, 6) is -0.0300. The Kier molecular flexibility index (Phi) is 7.64. The number of nitrogens with one attached hydrogen (secondary N) is 1. The quantitative estimate of drug-likeness (QED) is 0.501. The molecule has 3 rings (SSSR count). The van der Waals surface area contributed by atoms with Crippen LogP contribution in [-0.2, 0) is 9.59 Å². The van der Waals surface area contributed by atoms with Crippen molar-refractivity contribution in [2.24, 2.45) is 0 Å². The Morgan fingerprint density at radius 3 is 2.68 bits per heavy atom. The topological polar surface area (TPSA) is 84.9 Å². The molecule has 0 unspecified atom stereocenters. The third-order valence-corrected chi connectivity index (χ3v) is 6.12. The predicted octanol–water partition coefficient (Wildman–Crippen LogP) is 5.18. The van der Waals surface area contributed by atoms with E-state index in [4.69, 9.17) is 21.1 Å². The Bertz CT molecular complexity index is 1080. The van der Waals surface area contributed by atoms with Crippen LogP contribution in [0.25, 0.3) is 6.08 Å². The van der Waals surface area contributed by atoms with Crippen LogP contribution in [0.4, 0.5) is 10.5 Å². The highest BCUT2D eigenvalue weighted by Crippen LogP contribution is 2.38. The number of nitrogens with zero attached hydrogens (tertiary/aromatic N) is 1. The highest BCUT2D eigenvalue weighted by molar-refractivity contribution is 9.10. The number of anilines is 1. The van der Waals surface area contributed by atoms with Gasteiger partial charge in [-0.05, 0) is 54.6 Å². The Morgan fingerprint density at radius 2 is 2.00 bits per heavy atom. The lowest BCUT2D eigenvalue weighted by Gasteiger charge is -2.13. The van der Waals surface area contributed by atoms with Gasteiger partial charge in [-0.15, -0.1) is 0 Å². The van der Waals surface area contributed by atoms with E-state index in [0.29, 0.717) is 38.9 Å². The minimum absolute atomic E-state index is 0.197. The fourth-order valence-electron chi connectivity index (χ4n) is 2.76. The smallest absolute Gasteiger partial charge is 0.294 e. The van der Waals surface area contributed by atoms with Crippen molar-refractivity contribution in [2.75, 3.05) is 25.6 Å². The maximum Gasteiger partial charge on any atom is 0.294 e. The number of benzene rings is 2. The highest BCUT2D eigenvalue weighted by atomic mass is 79.9. The van der Waals surface area contributed by atoms with Gasteiger partial charge in [0.05, 0.1) is 29.3 Å². The van der Waals surface area contributed by atoms with Crippen molar-refractivity contribution in [1.29, 1.82) is 0 Å². The average Bonchev–Trinajstić information content (AvgIpc) is 2.99. The van der Waals surface area contributed by atoms with Crippen molar-refractivity contribution >= 4 is 68.1 Å². The molecule has 7 nitrogen and oxygen atoms in total. The lowest BCUT2D eigenvalue weighted by molar-refractivity contribution is -0.127. The summed E-state index contributed by atoms with van der Waals surface area (Å²) in [6, 6.07) is 10.1. The van der Waals surface area contributed by atoms with Crippen molar-refractivity contribution in [1.82, 2.24) is 4.90 Å². The SMILES string of the molecule is CCOc1cc(Br)c(/C=C2/SC(=O)N(CC(=O)Nc3ccccc3Cl)C2=O)cc1OC. The van der Waals surface area contributed by atoms with Crippen LogP contribution in [0.5, 0.6) is 11.5 Å². The second-order valence-electron chi connectivity index (χ2n) is 6.25. The molecule has 0 saturated carbocycles. The van der Waals surface area contributed by atoms with Crippen LogP contribution in [-0.4, -0.2) is 42.2 Å². The maximum atomic E-state index is 12.7. The van der Waals surface area contributed by atoms with E-state index in [2.05, 4.69) is 21.2 Å². The van der Waals surface area contributed by atoms with Crippen molar-refractivity contribution in [3.8, 4) is 11.5 Å². The zero-order valence-electron chi connectivity index (χ0n) is 16.6. The number of para-hydroxylation sites is 1. The molecule has 0 radical (unpaired) electrons. The summed E-state index contributed by atoms with van der Waals surface area (Å²) < 4.78 is 11.5. The maximum absolute atomic E-state index is 12.7. The molecule has 10 heteroatoms. The number of amides is 3. The molecule has 2 aromatic carbocycles. The first kappa shape index (κ1) is 23.2. The van der Waals surface area contributed by atoms with Crippen molar-refractivity contribution < 1.29 is 23.9 Å². The van der Waals surface area contributed by atoms with Gasteiger partial charge in [0.15, 0.2) is 11.5 Å². The van der Waals surface area contributed by atoms with E-state index in [0.717, 1.165) is 16.7 Å². The van der Waals surface area contributed by atoms with Gasteiger partial charge < -0.3 is 14.8 Å². The molecule has 0 bridgehead atoms. The highest BCUT2D eigenvalue weighted by Gasteiger charge is 2.36. The summed E-state index contributed by atoms with van der Waals surface area (Å²) >= 11 is 10.2. The van der Waals surface area contributed by atoms with Gasteiger partial charge in [-0.2, -0.15) is 0 Å². The van der Waals surface area contributed by atoms with Gasteiger partial charge in [-0.3, -0.25) is 19.3 Å². The van der Waals surface area contributed by atoms with Crippen LogP contribution in [0.3, 0.4) is 0 Å². The van der Waals surface area contributed by atoms with E-state index in [-0.39, 0.29) is 4.91 Å². The first-order valence-corrected chi connectivity index (χ1v) is 11.1. The molecule has 1 aliphatic heterocycles. The van der Waals surface area contributed by atoms with Crippen LogP contribution in [0.2, 0.25) is 5.02 Å². The molecule has 1 saturated heterocycles. The number of thioether (sulfide) groups is 1. The van der Waals surface area contributed by atoms with Crippen molar-refractivity contribution in [3.05, 3.63) is 56.4 Å². The zero-order valence-corrected chi connectivity index (χ0v) is 19.8. The van der Waals surface area contributed by atoms with E-state index >= 15 is 0 Å². The molecule has 162 valence electrons. The number of hydrogen-bond donors (Lipinski definition) is 1. The summed E-state index contributed by atoms with van der Waals surface area (Å²) in [7, 11) is 1.51. The largest absolute Gasteiger partial charge is 0.493 e. The summed E-state index contributed by atoms with van der Waals surface area (Å²) in [5, 5.41) is 2.43. The normalized spacial score (nSPS) is 14.8. The minimum Gasteiger partial charge on any atom is -0.493 e. The molecule has 0 aliphatic carbocycles. The van der Waals surface area contributed by atoms with Crippen LogP contribution >= 0.6 is 39.3 Å². The molecule has 2 aromatic rings. The number of carbonyl (C=O) groups excluding carboxylic acids is 3. The van der Waals surface area contributed by atoms with Gasteiger partial charge in [0, 0.05) is 4.47 Å². The van der Waals surface area contributed by atoms with Crippen LogP contribution in [0.1, 0.15) is 12.5 Å². The van der Waals surface area contributed by atoms with Crippen LogP contribution in [0.15, 0.2) is 45.8 Å². The molecular weight excluding hydrogens is 508 g/mol. The van der Waals surface area contributed by atoms with E-state index in [9.17, 15) is 14.4 Å². The Labute approximate surface area is 196 Å². The molecule has 1 fully saturated rings. The third-order valence-electron chi connectivity index (χ3n) is 4.19. The summed E-state index contributed by atoms with van der Waals surface area (Å²) in [6.07, 6.45) is 1.57. The molecule has 0 spiro atoms. The third kappa shape index (κ3) is 5.41. The molecule has 1 N–H and O–H groups in total. The monoisotopic (exact) mass is 524 g/mol. The van der Waals surface area contributed by atoms with Gasteiger partial charge in [-0.25, -0.2) is 0 Å². The van der Waals surface area contributed by atoms with Gasteiger partial charge in [0.1, 0.15) is 6.54 Å². The number of carbonyl (C=O) groups is 3. The molecule has 3 amide bonds. The summed E-state index contributed by atoms with van der Waals surface area (Å²) in [6.45, 7) is 1.91. The molecular formula is C21H18BrClN2O5S. The van der Waals surface area contributed by atoms with E-state index in [1.807, 2.05) is 6.92 Å². The minimum atomic E-state index is -0.552.